The van der Waals surface area contributed by atoms with Crippen molar-refractivity contribution >= 4 is 5.97 Å². The SMILES string of the molecule is CC(=O)OC1(C2CC2CC(C)C)CC1. The molecule has 0 aromatic heterocycles. The van der Waals surface area contributed by atoms with Crippen molar-refractivity contribution in [3.63, 3.8) is 0 Å². The summed E-state index contributed by atoms with van der Waals surface area (Å²) in [5.41, 5.74) is -0.00854. The first kappa shape index (κ1) is 10.0. The number of hydrogen-bond acceptors (Lipinski definition) is 2. The third-order valence-corrected chi connectivity index (χ3v) is 3.46. The lowest BCUT2D eigenvalue weighted by Crippen LogP contribution is -2.21. The van der Waals surface area contributed by atoms with E-state index < -0.39 is 0 Å². The molecule has 0 aromatic carbocycles. The molecule has 80 valence electrons. The quantitative estimate of drug-likeness (QED) is 0.646. The first-order valence-electron chi connectivity index (χ1n) is 5.73. The molecule has 2 heteroatoms. The van der Waals surface area contributed by atoms with Crippen molar-refractivity contribution in [3.8, 4) is 0 Å². The van der Waals surface area contributed by atoms with Gasteiger partial charge in [0.25, 0.3) is 0 Å². The van der Waals surface area contributed by atoms with Gasteiger partial charge in [0.05, 0.1) is 0 Å². The van der Waals surface area contributed by atoms with E-state index in [1.165, 1.54) is 19.8 Å². The lowest BCUT2D eigenvalue weighted by atomic mass is 10.0. The van der Waals surface area contributed by atoms with Gasteiger partial charge < -0.3 is 4.74 Å². The Kier molecular flexibility index (Phi) is 2.32. The van der Waals surface area contributed by atoms with Crippen LogP contribution in [0, 0.1) is 17.8 Å². The minimum absolute atomic E-state index is 0.00854. The van der Waals surface area contributed by atoms with Crippen molar-refractivity contribution in [1.29, 1.82) is 0 Å². The third kappa shape index (κ3) is 1.94. The van der Waals surface area contributed by atoms with Crippen LogP contribution in [-0.4, -0.2) is 11.6 Å². The molecule has 2 aliphatic rings. The predicted octanol–water partition coefficient (Wildman–Crippen LogP) is 2.76. The Morgan fingerprint density at radius 3 is 2.57 bits per heavy atom. The smallest absolute Gasteiger partial charge is 0.303 e. The summed E-state index contributed by atoms with van der Waals surface area (Å²) in [4.78, 5) is 10.9. The molecule has 0 spiro atoms. The predicted molar refractivity (Wildman–Crippen MR) is 54.8 cm³/mol. The molecule has 0 amide bonds. The Morgan fingerprint density at radius 2 is 2.14 bits per heavy atom. The van der Waals surface area contributed by atoms with E-state index in [1.807, 2.05) is 0 Å². The maximum atomic E-state index is 10.9. The fourth-order valence-corrected chi connectivity index (χ4v) is 2.72. The average molecular weight is 196 g/mol. The van der Waals surface area contributed by atoms with Crippen LogP contribution in [0.1, 0.15) is 46.5 Å². The van der Waals surface area contributed by atoms with E-state index in [0.29, 0.717) is 5.92 Å². The number of rotatable bonds is 4. The summed E-state index contributed by atoms with van der Waals surface area (Å²) in [6.45, 7) is 6.06. The molecule has 2 nitrogen and oxygen atoms in total. The van der Waals surface area contributed by atoms with Crippen molar-refractivity contribution in [2.24, 2.45) is 17.8 Å². The summed E-state index contributed by atoms with van der Waals surface area (Å²) in [5, 5.41) is 0. The number of carbonyl (C=O) groups excluding carboxylic acids is 1. The van der Waals surface area contributed by atoms with Crippen molar-refractivity contribution in [2.75, 3.05) is 0 Å². The largest absolute Gasteiger partial charge is 0.459 e. The van der Waals surface area contributed by atoms with E-state index in [-0.39, 0.29) is 11.6 Å². The fourth-order valence-electron chi connectivity index (χ4n) is 2.72. The Labute approximate surface area is 86.0 Å². The molecular weight excluding hydrogens is 176 g/mol. The van der Waals surface area contributed by atoms with Crippen molar-refractivity contribution in [3.05, 3.63) is 0 Å². The van der Waals surface area contributed by atoms with E-state index in [0.717, 1.165) is 24.7 Å². The van der Waals surface area contributed by atoms with Gasteiger partial charge in [-0.15, -0.1) is 0 Å². The van der Waals surface area contributed by atoms with Gasteiger partial charge in [0.2, 0.25) is 0 Å². The number of carbonyl (C=O) groups is 1. The van der Waals surface area contributed by atoms with Crippen LogP contribution in [0.3, 0.4) is 0 Å². The van der Waals surface area contributed by atoms with Crippen LogP contribution >= 0.6 is 0 Å². The summed E-state index contributed by atoms with van der Waals surface area (Å²) >= 11 is 0. The molecule has 0 aromatic rings. The zero-order valence-electron chi connectivity index (χ0n) is 9.38. The van der Waals surface area contributed by atoms with Crippen molar-refractivity contribution in [2.45, 2.75) is 52.1 Å². The molecule has 2 aliphatic carbocycles. The Bertz CT molecular complexity index is 241. The van der Waals surface area contributed by atoms with Gasteiger partial charge in [0.1, 0.15) is 5.60 Å². The van der Waals surface area contributed by atoms with Crippen molar-refractivity contribution in [1.82, 2.24) is 0 Å². The molecule has 2 saturated carbocycles. The number of ether oxygens (including phenoxy) is 1. The molecule has 2 unspecified atom stereocenters. The van der Waals surface area contributed by atoms with Crippen LogP contribution in [0.15, 0.2) is 0 Å². The first-order chi connectivity index (χ1) is 6.53. The zero-order valence-corrected chi connectivity index (χ0v) is 9.38. The maximum absolute atomic E-state index is 10.9. The Hall–Kier alpha value is -0.530. The summed E-state index contributed by atoms with van der Waals surface area (Å²) < 4.78 is 5.45. The van der Waals surface area contributed by atoms with Crippen LogP contribution in [0.4, 0.5) is 0 Å². The summed E-state index contributed by atoms with van der Waals surface area (Å²) in [6.07, 6.45) is 4.79. The van der Waals surface area contributed by atoms with Gasteiger partial charge in [-0.05, 0) is 37.5 Å². The van der Waals surface area contributed by atoms with E-state index >= 15 is 0 Å². The highest BCUT2D eigenvalue weighted by molar-refractivity contribution is 5.67. The van der Waals surface area contributed by atoms with Gasteiger partial charge in [-0.3, -0.25) is 4.79 Å². The molecule has 0 aliphatic heterocycles. The molecular formula is C12H20O2. The highest BCUT2D eigenvalue weighted by atomic mass is 16.6. The van der Waals surface area contributed by atoms with Gasteiger partial charge in [-0.25, -0.2) is 0 Å². The standard InChI is InChI=1S/C12H20O2/c1-8(2)6-10-7-11(10)12(4-5-12)14-9(3)13/h8,10-11H,4-7H2,1-3H3. The molecule has 0 N–H and O–H groups in total. The molecule has 14 heavy (non-hydrogen) atoms. The molecule has 0 radical (unpaired) electrons. The van der Waals surface area contributed by atoms with Gasteiger partial charge in [0.15, 0.2) is 0 Å². The molecule has 0 bridgehead atoms. The minimum Gasteiger partial charge on any atom is -0.459 e. The second kappa shape index (κ2) is 3.25. The van der Waals surface area contributed by atoms with Gasteiger partial charge in [-0.1, -0.05) is 13.8 Å². The zero-order chi connectivity index (χ0) is 10.3. The molecule has 2 rings (SSSR count). The average Bonchev–Trinajstić information content (AvgIpc) is 2.83. The lowest BCUT2D eigenvalue weighted by Gasteiger charge is -2.15. The van der Waals surface area contributed by atoms with Crippen LogP contribution in [0.2, 0.25) is 0 Å². The molecule has 2 fully saturated rings. The molecule has 0 heterocycles. The highest BCUT2D eigenvalue weighted by Gasteiger charge is 2.61. The summed E-state index contributed by atoms with van der Waals surface area (Å²) in [5.74, 6) is 2.20. The molecule has 0 saturated heterocycles. The first-order valence-corrected chi connectivity index (χ1v) is 5.73. The summed E-state index contributed by atoms with van der Waals surface area (Å²) in [7, 11) is 0. The van der Waals surface area contributed by atoms with E-state index in [1.54, 1.807) is 0 Å². The van der Waals surface area contributed by atoms with Gasteiger partial charge in [-0.2, -0.15) is 0 Å². The van der Waals surface area contributed by atoms with Crippen molar-refractivity contribution < 1.29 is 9.53 Å². The minimum atomic E-state index is -0.0994. The van der Waals surface area contributed by atoms with Crippen LogP contribution in [-0.2, 0) is 9.53 Å². The summed E-state index contributed by atoms with van der Waals surface area (Å²) in [6, 6.07) is 0. The van der Waals surface area contributed by atoms with E-state index in [9.17, 15) is 4.79 Å². The molecule has 2 atom stereocenters. The fraction of sp³-hybridized carbons (Fsp3) is 0.917. The lowest BCUT2D eigenvalue weighted by molar-refractivity contribution is -0.149. The Morgan fingerprint density at radius 1 is 1.50 bits per heavy atom. The number of esters is 1. The monoisotopic (exact) mass is 196 g/mol. The second-order valence-corrected chi connectivity index (χ2v) is 5.39. The van der Waals surface area contributed by atoms with Crippen LogP contribution in [0.5, 0.6) is 0 Å². The van der Waals surface area contributed by atoms with Gasteiger partial charge in [0, 0.05) is 12.8 Å². The third-order valence-electron chi connectivity index (χ3n) is 3.46. The van der Waals surface area contributed by atoms with Crippen LogP contribution in [0.25, 0.3) is 0 Å². The highest BCUT2D eigenvalue weighted by Crippen LogP contribution is 2.61. The van der Waals surface area contributed by atoms with Gasteiger partial charge >= 0.3 is 5.97 Å². The topological polar surface area (TPSA) is 26.3 Å². The Balaban J connectivity index is 1.83. The normalized spacial score (nSPS) is 32.9. The van der Waals surface area contributed by atoms with E-state index in [4.69, 9.17) is 4.74 Å². The maximum Gasteiger partial charge on any atom is 0.303 e. The van der Waals surface area contributed by atoms with E-state index in [2.05, 4.69) is 13.8 Å². The van der Waals surface area contributed by atoms with Crippen LogP contribution < -0.4 is 0 Å². The number of hydrogen-bond donors (Lipinski definition) is 0. The second-order valence-electron chi connectivity index (χ2n) is 5.39.